The summed E-state index contributed by atoms with van der Waals surface area (Å²) in [4.78, 5) is 21.2. The average molecular weight is 407 g/mol. The van der Waals surface area contributed by atoms with E-state index in [1.165, 1.54) is 6.07 Å². The highest BCUT2D eigenvalue weighted by atomic mass is 19.1. The maximum Gasteiger partial charge on any atom is 0.251 e. The fourth-order valence-corrected chi connectivity index (χ4v) is 4.14. The molecule has 2 atom stereocenters. The zero-order chi connectivity index (χ0) is 20.9. The number of nitrogens with zero attached hydrogens (tertiary/aromatic N) is 3. The van der Waals surface area contributed by atoms with E-state index in [0.717, 1.165) is 50.6 Å². The normalized spacial score (nSPS) is 20.9. The van der Waals surface area contributed by atoms with Gasteiger partial charge in [-0.25, -0.2) is 14.4 Å². The first-order valence-corrected chi connectivity index (χ1v) is 10.7. The molecule has 1 aromatic carbocycles. The first-order valence-electron chi connectivity index (χ1n) is 10.7. The number of carbonyl (C=O) groups excluding carboxylic acids is 1. The predicted octanol–water partition coefficient (Wildman–Crippen LogP) is 4.83. The minimum absolute atomic E-state index is 0.0781. The molecular weight excluding hydrogens is 381 g/mol. The van der Waals surface area contributed by atoms with Crippen molar-refractivity contribution in [1.29, 1.82) is 5.26 Å². The first kappa shape index (κ1) is 20.3. The third-order valence-corrected chi connectivity index (χ3v) is 5.93. The van der Waals surface area contributed by atoms with E-state index in [1.54, 1.807) is 18.3 Å². The SMILES string of the molecule is N#CCCC1CCC[C@@H](NC(=O)c2ccc(Nc3nccc(C4CC4)n3)c(F)c2)C1. The van der Waals surface area contributed by atoms with E-state index in [1.807, 2.05) is 6.07 Å². The van der Waals surface area contributed by atoms with Crippen molar-refractivity contribution in [3.63, 3.8) is 0 Å². The summed E-state index contributed by atoms with van der Waals surface area (Å²) in [6, 6.07) is 8.57. The smallest absolute Gasteiger partial charge is 0.251 e. The number of aromatic nitrogens is 2. The highest BCUT2D eigenvalue weighted by Gasteiger charge is 2.26. The lowest BCUT2D eigenvalue weighted by Gasteiger charge is -2.29. The van der Waals surface area contributed by atoms with Crippen LogP contribution in [0, 0.1) is 23.1 Å². The van der Waals surface area contributed by atoms with Crippen LogP contribution in [0.2, 0.25) is 0 Å². The summed E-state index contributed by atoms with van der Waals surface area (Å²) in [5.41, 5.74) is 1.52. The predicted molar refractivity (Wildman–Crippen MR) is 112 cm³/mol. The summed E-state index contributed by atoms with van der Waals surface area (Å²) < 4.78 is 14.6. The number of anilines is 2. The molecule has 0 saturated heterocycles. The highest BCUT2D eigenvalue weighted by Crippen LogP contribution is 2.39. The van der Waals surface area contributed by atoms with Gasteiger partial charge in [0.15, 0.2) is 0 Å². The average Bonchev–Trinajstić information content (AvgIpc) is 3.60. The monoisotopic (exact) mass is 407 g/mol. The van der Waals surface area contributed by atoms with E-state index in [2.05, 4.69) is 26.7 Å². The second-order valence-corrected chi connectivity index (χ2v) is 8.30. The van der Waals surface area contributed by atoms with E-state index in [9.17, 15) is 9.18 Å². The van der Waals surface area contributed by atoms with E-state index in [-0.39, 0.29) is 17.6 Å². The number of hydrogen-bond acceptors (Lipinski definition) is 5. The Hall–Kier alpha value is -3.01. The molecule has 1 aromatic heterocycles. The molecule has 2 aromatic rings. The Balaban J connectivity index is 1.37. The van der Waals surface area contributed by atoms with Crippen LogP contribution in [-0.4, -0.2) is 21.9 Å². The van der Waals surface area contributed by atoms with Crippen molar-refractivity contribution >= 4 is 17.5 Å². The van der Waals surface area contributed by atoms with Crippen LogP contribution in [0.1, 0.15) is 73.3 Å². The molecule has 2 aliphatic carbocycles. The highest BCUT2D eigenvalue weighted by molar-refractivity contribution is 5.94. The molecule has 1 unspecified atom stereocenters. The number of nitrogens with one attached hydrogen (secondary N) is 2. The zero-order valence-electron chi connectivity index (χ0n) is 16.9. The van der Waals surface area contributed by atoms with Crippen molar-refractivity contribution in [2.24, 2.45) is 5.92 Å². The molecule has 6 nitrogen and oxygen atoms in total. The molecule has 7 heteroatoms. The van der Waals surface area contributed by atoms with E-state index in [4.69, 9.17) is 5.26 Å². The van der Waals surface area contributed by atoms with Crippen molar-refractivity contribution in [1.82, 2.24) is 15.3 Å². The minimum Gasteiger partial charge on any atom is -0.349 e. The Kier molecular flexibility index (Phi) is 6.22. The van der Waals surface area contributed by atoms with Crippen LogP contribution in [-0.2, 0) is 0 Å². The van der Waals surface area contributed by atoms with Crippen LogP contribution < -0.4 is 10.6 Å². The first-order chi connectivity index (χ1) is 14.6. The van der Waals surface area contributed by atoms with Gasteiger partial charge in [-0.2, -0.15) is 5.26 Å². The third kappa shape index (κ3) is 5.12. The summed E-state index contributed by atoms with van der Waals surface area (Å²) >= 11 is 0. The lowest BCUT2D eigenvalue weighted by molar-refractivity contribution is 0.0918. The molecule has 2 saturated carbocycles. The lowest BCUT2D eigenvalue weighted by atomic mass is 9.83. The van der Waals surface area contributed by atoms with Crippen molar-refractivity contribution in [2.45, 2.75) is 63.3 Å². The number of benzene rings is 1. The summed E-state index contributed by atoms with van der Waals surface area (Å²) in [5, 5.41) is 14.7. The topological polar surface area (TPSA) is 90.7 Å². The number of halogens is 1. The molecule has 4 rings (SSSR count). The van der Waals surface area contributed by atoms with Crippen molar-refractivity contribution < 1.29 is 9.18 Å². The summed E-state index contributed by atoms with van der Waals surface area (Å²) in [6.45, 7) is 0. The maximum absolute atomic E-state index is 14.6. The Morgan fingerprint density at radius 3 is 2.87 bits per heavy atom. The molecule has 0 radical (unpaired) electrons. The summed E-state index contributed by atoms with van der Waals surface area (Å²) in [7, 11) is 0. The van der Waals surface area contributed by atoms with E-state index in [0.29, 0.717) is 29.8 Å². The second kappa shape index (κ2) is 9.21. The van der Waals surface area contributed by atoms with Gasteiger partial charge in [-0.3, -0.25) is 4.79 Å². The van der Waals surface area contributed by atoms with Crippen molar-refractivity contribution in [3.05, 3.63) is 47.5 Å². The van der Waals surface area contributed by atoms with Gasteiger partial charge in [-0.15, -0.1) is 0 Å². The second-order valence-electron chi connectivity index (χ2n) is 8.30. The van der Waals surface area contributed by atoms with Gasteiger partial charge in [0.25, 0.3) is 5.91 Å². The molecule has 0 aliphatic heterocycles. The zero-order valence-corrected chi connectivity index (χ0v) is 16.9. The molecule has 30 heavy (non-hydrogen) atoms. The van der Waals surface area contributed by atoms with Crippen LogP contribution in [0.25, 0.3) is 0 Å². The van der Waals surface area contributed by atoms with Gasteiger partial charge in [-0.1, -0.05) is 12.8 Å². The van der Waals surface area contributed by atoms with E-state index >= 15 is 0 Å². The molecule has 2 fully saturated rings. The molecule has 0 spiro atoms. The Morgan fingerprint density at radius 2 is 2.10 bits per heavy atom. The van der Waals surface area contributed by atoms with Crippen LogP contribution in [0.4, 0.5) is 16.0 Å². The standard InChI is InChI=1S/C23H26FN5O/c24-19-14-17(22(30)27-18-5-1-3-15(13-18)4-2-11-25)8-9-21(19)29-23-26-12-10-20(28-23)16-6-7-16/h8-10,12,14-16,18H,1-7,13H2,(H,27,30)(H,26,28,29)/t15?,18-/m1/s1. The number of carbonyl (C=O) groups is 1. The van der Waals surface area contributed by atoms with Gasteiger partial charge in [0.2, 0.25) is 5.95 Å². The van der Waals surface area contributed by atoms with Crippen molar-refractivity contribution in [2.75, 3.05) is 5.32 Å². The Bertz CT molecular complexity index is 953. The molecule has 2 N–H and O–H groups in total. The number of amides is 1. The summed E-state index contributed by atoms with van der Waals surface area (Å²) in [5.74, 6) is 0.542. The molecule has 2 aliphatic rings. The molecule has 1 amide bonds. The van der Waals surface area contributed by atoms with Crippen LogP contribution in [0.3, 0.4) is 0 Å². The van der Waals surface area contributed by atoms with Gasteiger partial charge in [0.1, 0.15) is 5.82 Å². The number of rotatable bonds is 7. The van der Waals surface area contributed by atoms with Gasteiger partial charge in [0, 0.05) is 35.8 Å². The third-order valence-electron chi connectivity index (χ3n) is 5.93. The maximum atomic E-state index is 14.6. The van der Waals surface area contributed by atoms with Crippen LogP contribution in [0.15, 0.2) is 30.5 Å². The number of hydrogen-bond donors (Lipinski definition) is 2. The molecule has 0 bridgehead atoms. The van der Waals surface area contributed by atoms with Gasteiger partial charge >= 0.3 is 0 Å². The van der Waals surface area contributed by atoms with Gasteiger partial charge < -0.3 is 10.6 Å². The van der Waals surface area contributed by atoms with Crippen molar-refractivity contribution in [3.8, 4) is 6.07 Å². The minimum atomic E-state index is -0.515. The van der Waals surface area contributed by atoms with Gasteiger partial charge in [-0.05, 0) is 62.3 Å². The van der Waals surface area contributed by atoms with Gasteiger partial charge in [0.05, 0.1) is 11.8 Å². The largest absolute Gasteiger partial charge is 0.349 e. The molecule has 156 valence electrons. The van der Waals surface area contributed by atoms with E-state index < -0.39 is 5.82 Å². The summed E-state index contributed by atoms with van der Waals surface area (Å²) in [6.07, 6.45) is 9.32. The quantitative estimate of drug-likeness (QED) is 0.686. The van der Waals surface area contributed by atoms with Crippen LogP contribution >= 0.6 is 0 Å². The lowest BCUT2D eigenvalue weighted by Crippen LogP contribution is -2.38. The Labute approximate surface area is 175 Å². The van der Waals surface area contributed by atoms with Crippen LogP contribution in [0.5, 0.6) is 0 Å². The molecular formula is C23H26FN5O. The fraction of sp³-hybridized carbons (Fsp3) is 0.478. The fourth-order valence-electron chi connectivity index (χ4n) is 4.14. The Morgan fingerprint density at radius 1 is 1.23 bits per heavy atom. The molecule has 1 heterocycles. The number of nitriles is 1.